The Kier molecular flexibility index (Phi) is 7.02. The number of benzene rings is 2. The Balaban J connectivity index is 1.98. The van der Waals surface area contributed by atoms with E-state index in [0.29, 0.717) is 22.4 Å². The molecular weight excluding hydrogens is 380 g/mol. The van der Waals surface area contributed by atoms with E-state index in [1.807, 2.05) is 0 Å². The van der Waals surface area contributed by atoms with Crippen molar-refractivity contribution >= 4 is 29.0 Å². The predicted molar refractivity (Wildman–Crippen MR) is 104 cm³/mol. The van der Waals surface area contributed by atoms with Crippen LogP contribution in [0.5, 0.6) is 5.75 Å². The highest BCUT2D eigenvalue weighted by molar-refractivity contribution is 5.95. The van der Waals surface area contributed by atoms with Crippen molar-refractivity contribution < 1.29 is 28.8 Å². The molecule has 2 aromatic carbocycles. The third-order valence-electron chi connectivity index (χ3n) is 4.09. The number of Topliss-reactive ketones (excluding diaryl/α,β-unsaturated/α-hetero) is 1. The van der Waals surface area contributed by atoms with E-state index in [1.54, 1.807) is 19.1 Å². The van der Waals surface area contributed by atoms with Gasteiger partial charge in [0.25, 0.3) is 11.6 Å². The smallest absolute Gasteiger partial charge is 0.310 e. The number of hydrogen-bond acceptors (Lipinski definition) is 7. The van der Waals surface area contributed by atoms with Crippen LogP contribution in [0.25, 0.3) is 0 Å². The molecule has 0 radical (unpaired) electrons. The molecule has 0 heterocycles. The highest BCUT2D eigenvalue weighted by atomic mass is 16.6. The summed E-state index contributed by atoms with van der Waals surface area (Å²) in [4.78, 5) is 45.9. The first-order valence-electron chi connectivity index (χ1n) is 8.59. The predicted octanol–water partition coefficient (Wildman–Crippen LogP) is 2.84. The normalized spacial score (nSPS) is 10.2. The molecule has 2 rings (SSSR count). The summed E-state index contributed by atoms with van der Waals surface area (Å²) >= 11 is 0. The minimum atomic E-state index is -0.685. The number of nitro groups is 1. The number of nitrogens with zero attached hydrogens (tertiary/aromatic N) is 1. The lowest BCUT2D eigenvalue weighted by Crippen LogP contribution is -2.22. The van der Waals surface area contributed by atoms with Crippen molar-refractivity contribution in [1.29, 1.82) is 0 Å². The van der Waals surface area contributed by atoms with Gasteiger partial charge < -0.3 is 14.8 Å². The number of anilines is 1. The maximum Gasteiger partial charge on any atom is 0.310 e. The molecule has 0 saturated carbocycles. The Labute approximate surface area is 166 Å². The zero-order valence-electron chi connectivity index (χ0n) is 16.2. The standard InChI is InChI=1S/C20H20N2O7/c1-12-4-6-16(22(26)27)10-17(12)21-19(24)11-29-20(25)9-15-8-14(13(2)23)5-7-18(15)28-3/h4-8,10H,9,11H2,1-3H3,(H,21,24). The van der Waals surface area contributed by atoms with Crippen LogP contribution in [0, 0.1) is 17.0 Å². The van der Waals surface area contributed by atoms with Crippen LogP contribution < -0.4 is 10.1 Å². The van der Waals surface area contributed by atoms with E-state index in [0.717, 1.165) is 0 Å². The van der Waals surface area contributed by atoms with Gasteiger partial charge in [-0.1, -0.05) is 6.07 Å². The summed E-state index contributed by atoms with van der Waals surface area (Å²) in [7, 11) is 1.44. The van der Waals surface area contributed by atoms with E-state index in [-0.39, 0.29) is 23.6 Å². The second-order valence-electron chi connectivity index (χ2n) is 6.22. The Morgan fingerprint density at radius 3 is 2.48 bits per heavy atom. The van der Waals surface area contributed by atoms with E-state index in [9.17, 15) is 24.5 Å². The molecule has 0 atom stereocenters. The zero-order valence-corrected chi connectivity index (χ0v) is 16.2. The lowest BCUT2D eigenvalue weighted by molar-refractivity contribution is -0.384. The number of carbonyl (C=O) groups is 3. The average Bonchev–Trinajstić information content (AvgIpc) is 2.67. The average molecular weight is 400 g/mol. The van der Waals surface area contributed by atoms with Crippen molar-refractivity contribution in [3.63, 3.8) is 0 Å². The van der Waals surface area contributed by atoms with E-state index >= 15 is 0 Å². The first kappa shape index (κ1) is 21.5. The quantitative estimate of drug-likeness (QED) is 0.313. The largest absolute Gasteiger partial charge is 0.496 e. The van der Waals surface area contributed by atoms with E-state index in [1.165, 1.54) is 38.3 Å². The molecule has 1 amide bonds. The summed E-state index contributed by atoms with van der Waals surface area (Å²) in [5.74, 6) is -1.06. The number of hydrogen-bond donors (Lipinski definition) is 1. The Morgan fingerprint density at radius 1 is 1.14 bits per heavy atom. The van der Waals surface area contributed by atoms with Crippen molar-refractivity contribution in [3.8, 4) is 5.75 Å². The molecule has 0 saturated heterocycles. The summed E-state index contributed by atoms with van der Waals surface area (Å²) in [5, 5.41) is 13.3. The topological polar surface area (TPSA) is 125 Å². The van der Waals surface area contributed by atoms with Crippen molar-refractivity contribution in [1.82, 2.24) is 0 Å². The third-order valence-corrected chi connectivity index (χ3v) is 4.09. The van der Waals surface area contributed by atoms with Gasteiger partial charge in [-0.25, -0.2) is 0 Å². The van der Waals surface area contributed by atoms with Crippen LogP contribution in [-0.2, 0) is 20.7 Å². The van der Waals surface area contributed by atoms with Crippen LogP contribution in [0.15, 0.2) is 36.4 Å². The Morgan fingerprint density at radius 2 is 1.86 bits per heavy atom. The van der Waals surface area contributed by atoms with Gasteiger partial charge in [0, 0.05) is 23.3 Å². The molecule has 2 aromatic rings. The molecule has 1 N–H and O–H groups in total. The molecule has 152 valence electrons. The maximum absolute atomic E-state index is 12.1. The van der Waals surface area contributed by atoms with Gasteiger partial charge >= 0.3 is 5.97 Å². The number of amides is 1. The molecule has 0 fully saturated rings. The molecule has 0 spiro atoms. The van der Waals surface area contributed by atoms with Gasteiger partial charge in [0.2, 0.25) is 0 Å². The van der Waals surface area contributed by atoms with Crippen molar-refractivity contribution in [2.45, 2.75) is 20.3 Å². The molecule has 0 unspecified atom stereocenters. The molecule has 0 aromatic heterocycles. The summed E-state index contributed by atoms with van der Waals surface area (Å²) in [5.41, 5.74) is 1.60. The van der Waals surface area contributed by atoms with Crippen LogP contribution in [0.1, 0.15) is 28.4 Å². The van der Waals surface area contributed by atoms with Gasteiger partial charge in [-0.05, 0) is 37.6 Å². The van der Waals surface area contributed by atoms with Crippen molar-refractivity contribution in [2.75, 3.05) is 19.0 Å². The summed E-state index contributed by atoms with van der Waals surface area (Å²) in [6.45, 7) is 2.53. The van der Waals surface area contributed by atoms with Gasteiger partial charge in [-0.3, -0.25) is 24.5 Å². The minimum absolute atomic E-state index is 0.158. The number of non-ortho nitro benzene ring substituents is 1. The van der Waals surface area contributed by atoms with Crippen LogP contribution >= 0.6 is 0 Å². The summed E-state index contributed by atoms with van der Waals surface area (Å²) in [6, 6.07) is 8.77. The fraction of sp³-hybridized carbons (Fsp3) is 0.250. The minimum Gasteiger partial charge on any atom is -0.496 e. The number of carbonyl (C=O) groups excluding carboxylic acids is 3. The number of nitro benzene ring substituents is 1. The van der Waals surface area contributed by atoms with Gasteiger partial charge in [-0.15, -0.1) is 0 Å². The zero-order chi connectivity index (χ0) is 21.6. The highest BCUT2D eigenvalue weighted by Gasteiger charge is 2.15. The van der Waals surface area contributed by atoms with E-state index in [2.05, 4.69) is 5.32 Å². The summed E-state index contributed by atoms with van der Waals surface area (Å²) < 4.78 is 10.1. The first-order valence-corrected chi connectivity index (χ1v) is 8.59. The van der Waals surface area contributed by atoms with E-state index < -0.39 is 23.4 Å². The van der Waals surface area contributed by atoms with Gasteiger partial charge in [0.1, 0.15) is 5.75 Å². The second-order valence-corrected chi connectivity index (χ2v) is 6.22. The number of esters is 1. The molecule has 0 aliphatic rings. The number of ether oxygens (including phenoxy) is 2. The molecule has 0 bridgehead atoms. The number of methoxy groups -OCH3 is 1. The molecule has 9 heteroatoms. The van der Waals surface area contributed by atoms with Crippen LogP contribution in [0.2, 0.25) is 0 Å². The van der Waals surface area contributed by atoms with Crippen molar-refractivity contribution in [2.24, 2.45) is 0 Å². The molecule has 0 aliphatic carbocycles. The molecule has 0 aliphatic heterocycles. The third kappa shape index (κ3) is 5.86. The second kappa shape index (κ2) is 9.45. The van der Waals surface area contributed by atoms with Crippen molar-refractivity contribution in [3.05, 3.63) is 63.2 Å². The Hall–Kier alpha value is -3.75. The van der Waals surface area contributed by atoms with Crippen LogP contribution in [0.3, 0.4) is 0 Å². The number of aryl methyl sites for hydroxylation is 1. The molecular formula is C20H20N2O7. The fourth-order valence-corrected chi connectivity index (χ4v) is 2.53. The van der Waals surface area contributed by atoms with Crippen LogP contribution in [0.4, 0.5) is 11.4 Å². The Bertz CT molecular complexity index is 969. The maximum atomic E-state index is 12.1. The fourth-order valence-electron chi connectivity index (χ4n) is 2.53. The SMILES string of the molecule is COc1ccc(C(C)=O)cc1CC(=O)OCC(=O)Nc1cc([N+](=O)[O-])ccc1C. The number of nitrogens with one attached hydrogen (secondary N) is 1. The first-order chi connectivity index (χ1) is 13.7. The van der Waals surface area contributed by atoms with Gasteiger partial charge in [-0.2, -0.15) is 0 Å². The monoisotopic (exact) mass is 400 g/mol. The molecule has 9 nitrogen and oxygen atoms in total. The van der Waals surface area contributed by atoms with Crippen LogP contribution in [-0.4, -0.2) is 36.3 Å². The lowest BCUT2D eigenvalue weighted by atomic mass is 10.0. The molecule has 29 heavy (non-hydrogen) atoms. The summed E-state index contributed by atoms with van der Waals surface area (Å²) in [6.07, 6.45) is -0.187. The van der Waals surface area contributed by atoms with E-state index in [4.69, 9.17) is 9.47 Å². The number of ketones is 1. The van der Waals surface area contributed by atoms with Gasteiger partial charge in [0.15, 0.2) is 12.4 Å². The lowest BCUT2D eigenvalue weighted by Gasteiger charge is -2.11. The number of rotatable bonds is 8. The highest BCUT2D eigenvalue weighted by Crippen LogP contribution is 2.22. The van der Waals surface area contributed by atoms with Gasteiger partial charge in [0.05, 0.1) is 24.1 Å².